The molecular formula is C19H23NO8. The molecule has 1 saturated heterocycles. The molecule has 9 nitrogen and oxygen atoms in total. The molecule has 9 heteroatoms. The number of ether oxygens (including phenoxy) is 1. The molecular weight excluding hydrogens is 370 g/mol. The van der Waals surface area contributed by atoms with E-state index in [1.54, 1.807) is 24.3 Å². The highest BCUT2D eigenvalue weighted by atomic mass is 16.5. The van der Waals surface area contributed by atoms with Gasteiger partial charge in [-0.2, -0.15) is 0 Å². The lowest BCUT2D eigenvalue weighted by molar-refractivity contribution is -0.214. The predicted octanol–water partition coefficient (Wildman–Crippen LogP) is -1.99. The predicted molar refractivity (Wildman–Crippen MR) is 96.0 cm³/mol. The Kier molecular flexibility index (Phi) is 7.51. The number of amides is 1. The first-order chi connectivity index (χ1) is 13.2. The van der Waals surface area contributed by atoms with E-state index in [1.165, 1.54) is 6.92 Å². The highest BCUT2D eigenvalue weighted by Gasteiger charge is 2.42. The molecule has 1 aromatic rings. The summed E-state index contributed by atoms with van der Waals surface area (Å²) >= 11 is 0. The number of carboxylic acids is 1. The number of hydrogen-bond donors (Lipinski definition) is 6. The largest absolute Gasteiger partial charge is 0.480 e. The van der Waals surface area contributed by atoms with Gasteiger partial charge in [-0.05, 0) is 17.7 Å². The van der Waals surface area contributed by atoms with Crippen LogP contribution >= 0.6 is 0 Å². The number of aliphatic hydroxyl groups excluding tert-OH is 4. The van der Waals surface area contributed by atoms with E-state index in [9.17, 15) is 35.1 Å². The van der Waals surface area contributed by atoms with E-state index in [1.807, 2.05) is 0 Å². The first kappa shape index (κ1) is 21.8. The fraction of sp³-hybridized carbons (Fsp3) is 0.474. The van der Waals surface area contributed by atoms with E-state index in [-0.39, 0.29) is 6.42 Å². The molecule has 1 fully saturated rings. The van der Waals surface area contributed by atoms with E-state index in [4.69, 9.17) is 4.74 Å². The van der Waals surface area contributed by atoms with Crippen LogP contribution in [0.15, 0.2) is 24.3 Å². The van der Waals surface area contributed by atoms with Crippen LogP contribution in [0.4, 0.5) is 0 Å². The minimum atomic E-state index is -1.51. The van der Waals surface area contributed by atoms with E-state index in [2.05, 4.69) is 17.2 Å². The zero-order valence-corrected chi connectivity index (χ0v) is 15.1. The van der Waals surface area contributed by atoms with E-state index in [0.29, 0.717) is 11.1 Å². The van der Waals surface area contributed by atoms with Gasteiger partial charge in [0.1, 0.15) is 36.6 Å². The van der Waals surface area contributed by atoms with Crippen molar-refractivity contribution in [1.82, 2.24) is 5.32 Å². The van der Waals surface area contributed by atoms with Crippen molar-refractivity contribution in [2.24, 2.45) is 0 Å². The van der Waals surface area contributed by atoms with Crippen LogP contribution in [0.5, 0.6) is 0 Å². The van der Waals surface area contributed by atoms with Gasteiger partial charge in [0.15, 0.2) is 0 Å². The molecule has 6 N–H and O–H groups in total. The monoisotopic (exact) mass is 393 g/mol. The molecule has 1 aromatic carbocycles. The van der Waals surface area contributed by atoms with Crippen LogP contribution in [0.1, 0.15) is 18.1 Å². The van der Waals surface area contributed by atoms with Gasteiger partial charge >= 0.3 is 5.97 Å². The maximum Gasteiger partial charge on any atom is 0.326 e. The third-order valence-corrected chi connectivity index (χ3v) is 4.29. The number of rotatable bonds is 5. The number of benzene rings is 1. The summed E-state index contributed by atoms with van der Waals surface area (Å²) in [6.07, 6.45) is -6.52. The molecule has 0 bridgehead atoms. The molecule has 0 aromatic heterocycles. The van der Waals surface area contributed by atoms with Gasteiger partial charge in [0, 0.05) is 18.9 Å². The third kappa shape index (κ3) is 5.51. The average Bonchev–Trinajstić information content (AvgIpc) is 2.65. The molecule has 0 radical (unpaired) electrons. The topological polar surface area (TPSA) is 157 Å². The number of aliphatic hydroxyl groups is 4. The van der Waals surface area contributed by atoms with Crippen molar-refractivity contribution in [2.45, 2.75) is 49.9 Å². The number of hydrogen-bond acceptors (Lipinski definition) is 7. The molecule has 0 unspecified atom stereocenters. The highest BCUT2D eigenvalue weighted by molar-refractivity contribution is 5.82. The zero-order chi connectivity index (χ0) is 20.8. The Morgan fingerprint density at radius 3 is 2.54 bits per heavy atom. The number of nitrogens with one attached hydrogen (secondary N) is 1. The van der Waals surface area contributed by atoms with Crippen LogP contribution in [-0.4, -0.2) is 80.6 Å². The fourth-order valence-electron chi connectivity index (χ4n) is 2.83. The van der Waals surface area contributed by atoms with Gasteiger partial charge in [-0.25, -0.2) is 4.79 Å². The minimum absolute atomic E-state index is 0.0600. The number of carbonyl (C=O) groups excluding carboxylic acids is 1. The Balaban J connectivity index is 2.15. The first-order valence-corrected chi connectivity index (χ1v) is 8.63. The Morgan fingerprint density at radius 1 is 1.21 bits per heavy atom. The van der Waals surface area contributed by atoms with Crippen molar-refractivity contribution in [1.29, 1.82) is 0 Å². The normalized spacial score (nSPS) is 28.0. The Morgan fingerprint density at radius 2 is 1.93 bits per heavy atom. The van der Waals surface area contributed by atoms with Gasteiger partial charge < -0.3 is 35.6 Å². The van der Waals surface area contributed by atoms with Crippen LogP contribution in [0, 0.1) is 11.8 Å². The SMILES string of the molecule is CC(=O)N[C@@H](Cc1cccc(C#C[C@@H]2O[C@H](CO)[C@@H](O)[C@H](O)[C@@H]2O)c1)C(=O)O. The number of aliphatic carboxylic acids is 1. The first-order valence-electron chi connectivity index (χ1n) is 8.63. The van der Waals surface area contributed by atoms with Crippen LogP contribution in [-0.2, 0) is 20.7 Å². The molecule has 0 saturated carbocycles. The van der Waals surface area contributed by atoms with Gasteiger partial charge in [-0.3, -0.25) is 4.79 Å². The van der Waals surface area contributed by atoms with Crippen molar-refractivity contribution in [2.75, 3.05) is 6.61 Å². The summed E-state index contributed by atoms with van der Waals surface area (Å²) in [6.45, 7) is 0.691. The highest BCUT2D eigenvalue weighted by Crippen LogP contribution is 2.20. The Bertz CT molecular complexity index is 769. The molecule has 6 atom stereocenters. The van der Waals surface area contributed by atoms with Crippen LogP contribution in [0.2, 0.25) is 0 Å². The molecule has 1 aliphatic rings. The summed E-state index contributed by atoms with van der Waals surface area (Å²) in [4.78, 5) is 22.4. The zero-order valence-electron chi connectivity index (χ0n) is 15.1. The van der Waals surface area contributed by atoms with Crippen LogP contribution in [0.25, 0.3) is 0 Å². The molecule has 1 amide bonds. The van der Waals surface area contributed by atoms with E-state index < -0.39 is 55.0 Å². The quantitative estimate of drug-likeness (QED) is 0.314. The van der Waals surface area contributed by atoms with Gasteiger partial charge in [-0.1, -0.05) is 24.0 Å². The van der Waals surface area contributed by atoms with E-state index in [0.717, 1.165) is 0 Å². The second-order valence-electron chi connectivity index (χ2n) is 6.51. The smallest absolute Gasteiger partial charge is 0.326 e. The lowest BCUT2D eigenvalue weighted by atomic mass is 9.95. The molecule has 2 rings (SSSR count). The second-order valence-corrected chi connectivity index (χ2v) is 6.51. The molecule has 1 aliphatic heterocycles. The van der Waals surface area contributed by atoms with Crippen molar-refractivity contribution in [3.8, 4) is 11.8 Å². The molecule has 1 heterocycles. The van der Waals surface area contributed by atoms with Gasteiger partial charge in [-0.15, -0.1) is 0 Å². The summed E-state index contributed by atoms with van der Waals surface area (Å²) in [5, 5.41) is 50.3. The summed E-state index contributed by atoms with van der Waals surface area (Å²) in [7, 11) is 0. The lowest BCUT2D eigenvalue weighted by Gasteiger charge is -2.37. The van der Waals surface area contributed by atoms with Gasteiger partial charge in [0.2, 0.25) is 5.91 Å². The number of carboxylic acid groups (broad SMARTS) is 1. The van der Waals surface area contributed by atoms with Crippen LogP contribution < -0.4 is 5.32 Å². The Labute approximate surface area is 161 Å². The average molecular weight is 393 g/mol. The summed E-state index contributed by atoms with van der Waals surface area (Å²) < 4.78 is 5.31. The maximum atomic E-state index is 11.3. The molecule has 152 valence electrons. The standard InChI is InChI=1S/C19H23NO8/c1-10(22)20-13(19(26)27)8-12-4-2-3-11(7-12)5-6-14-16(23)18(25)17(24)15(9-21)28-14/h2-4,7,13-18,21,23-25H,8-9H2,1H3,(H,20,22)(H,26,27)/t13-,14-,15+,16+,17+,18+/m0/s1. The maximum absolute atomic E-state index is 11.3. The molecule has 0 spiro atoms. The third-order valence-electron chi connectivity index (χ3n) is 4.29. The second kappa shape index (κ2) is 9.64. The van der Waals surface area contributed by atoms with Crippen molar-refractivity contribution in [3.05, 3.63) is 35.4 Å². The summed E-state index contributed by atoms with van der Waals surface area (Å²) in [5.41, 5.74) is 1.13. The number of carbonyl (C=O) groups is 2. The summed E-state index contributed by atoms with van der Waals surface area (Å²) in [6, 6.07) is 5.57. The molecule has 28 heavy (non-hydrogen) atoms. The van der Waals surface area contributed by atoms with Crippen LogP contribution in [0.3, 0.4) is 0 Å². The minimum Gasteiger partial charge on any atom is -0.480 e. The van der Waals surface area contributed by atoms with Crippen molar-refractivity contribution < 1.29 is 39.9 Å². The van der Waals surface area contributed by atoms with Gasteiger partial charge in [0.05, 0.1) is 6.61 Å². The van der Waals surface area contributed by atoms with E-state index >= 15 is 0 Å². The van der Waals surface area contributed by atoms with Crippen molar-refractivity contribution in [3.63, 3.8) is 0 Å². The fourth-order valence-corrected chi connectivity index (χ4v) is 2.83. The van der Waals surface area contributed by atoms with Crippen molar-refractivity contribution >= 4 is 11.9 Å². The Hall–Kier alpha value is -2.48. The van der Waals surface area contributed by atoms with Gasteiger partial charge in [0.25, 0.3) is 0 Å². The lowest BCUT2D eigenvalue weighted by Crippen LogP contribution is -2.58. The molecule has 0 aliphatic carbocycles. The summed E-state index contributed by atoms with van der Waals surface area (Å²) in [5.74, 6) is 3.80.